The van der Waals surface area contributed by atoms with Gasteiger partial charge in [0.15, 0.2) is 5.11 Å². The van der Waals surface area contributed by atoms with Crippen molar-refractivity contribution in [3.05, 3.63) is 47.7 Å². The SMILES string of the molecule is C=C1NC(=S)NC(c2ccc(C(C)C)cc2)C1C(N)=O. The van der Waals surface area contributed by atoms with Crippen molar-refractivity contribution in [2.24, 2.45) is 11.7 Å². The van der Waals surface area contributed by atoms with E-state index in [2.05, 4.69) is 43.2 Å². The molecular formula is C15H19N3OS. The highest BCUT2D eigenvalue weighted by Gasteiger charge is 2.35. The minimum atomic E-state index is -0.522. The molecule has 2 rings (SSSR count). The third kappa shape index (κ3) is 2.82. The lowest BCUT2D eigenvalue weighted by molar-refractivity contribution is -0.121. The summed E-state index contributed by atoms with van der Waals surface area (Å²) in [5.74, 6) is -0.477. The molecule has 0 aromatic heterocycles. The highest BCUT2D eigenvalue weighted by molar-refractivity contribution is 7.80. The molecule has 1 heterocycles. The molecule has 1 amide bonds. The first kappa shape index (κ1) is 14.5. The van der Waals surface area contributed by atoms with Gasteiger partial charge < -0.3 is 16.4 Å². The first-order valence-electron chi connectivity index (χ1n) is 6.55. The van der Waals surface area contributed by atoms with Gasteiger partial charge in [0, 0.05) is 5.70 Å². The molecule has 4 N–H and O–H groups in total. The molecule has 1 fully saturated rings. The van der Waals surface area contributed by atoms with Gasteiger partial charge in [-0.1, -0.05) is 44.7 Å². The van der Waals surface area contributed by atoms with Crippen LogP contribution in [0.4, 0.5) is 0 Å². The molecule has 2 unspecified atom stereocenters. The average molecular weight is 289 g/mol. The third-order valence-electron chi connectivity index (χ3n) is 3.54. The summed E-state index contributed by atoms with van der Waals surface area (Å²) in [6.45, 7) is 8.13. The van der Waals surface area contributed by atoms with Crippen molar-refractivity contribution in [2.75, 3.05) is 0 Å². The highest BCUT2D eigenvalue weighted by Crippen LogP contribution is 2.29. The first-order chi connectivity index (χ1) is 9.40. The molecule has 0 radical (unpaired) electrons. The summed E-state index contributed by atoms with van der Waals surface area (Å²) < 4.78 is 0. The number of benzene rings is 1. The second kappa shape index (κ2) is 5.63. The molecule has 1 aromatic rings. The normalized spacial score (nSPS) is 22.4. The topological polar surface area (TPSA) is 67.2 Å². The lowest BCUT2D eigenvalue weighted by atomic mass is 9.87. The lowest BCUT2D eigenvalue weighted by Crippen LogP contribution is -2.52. The fourth-order valence-electron chi connectivity index (χ4n) is 2.39. The van der Waals surface area contributed by atoms with Crippen molar-refractivity contribution in [2.45, 2.75) is 25.8 Å². The number of nitrogens with two attached hydrogens (primary N) is 1. The fraction of sp³-hybridized carbons (Fsp3) is 0.333. The number of thiocarbonyl (C=S) groups is 1. The number of carbonyl (C=O) groups is 1. The van der Waals surface area contributed by atoms with Crippen molar-refractivity contribution < 1.29 is 4.79 Å². The summed E-state index contributed by atoms with van der Waals surface area (Å²) in [6.07, 6.45) is 0. The lowest BCUT2D eigenvalue weighted by Gasteiger charge is -2.34. The summed E-state index contributed by atoms with van der Waals surface area (Å²) >= 11 is 5.13. The number of amides is 1. The Bertz CT molecular complexity index is 551. The average Bonchev–Trinajstić information content (AvgIpc) is 2.37. The minimum absolute atomic E-state index is 0.269. The van der Waals surface area contributed by atoms with Crippen LogP contribution in [0.25, 0.3) is 0 Å². The zero-order chi connectivity index (χ0) is 14.9. The molecular weight excluding hydrogens is 270 g/mol. The summed E-state index contributed by atoms with van der Waals surface area (Å²) in [5.41, 5.74) is 8.25. The molecule has 20 heavy (non-hydrogen) atoms. The number of carbonyl (C=O) groups excluding carboxylic acids is 1. The van der Waals surface area contributed by atoms with E-state index < -0.39 is 11.8 Å². The summed E-state index contributed by atoms with van der Waals surface area (Å²) in [6, 6.07) is 7.87. The number of hydrogen-bond donors (Lipinski definition) is 3. The van der Waals surface area contributed by atoms with Gasteiger partial charge in [-0.3, -0.25) is 4.79 Å². The van der Waals surface area contributed by atoms with Crippen LogP contribution >= 0.6 is 12.2 Å². The molecule has 0 spiro atoms. The van der Waals surface area contributed by atoms with Gasteiger partial charge in [0.2, 0.25) is 5.91 Å². The minimum Gasteiger partial charge on any atom is -0.369 e. The van der Waals surface area contributed by atoms with Gasteiger partial charge in [-0.15, -0.1) is 0 Å². The number of nitrogens with one attached hydrogen (secondary N) is 2. The van der Waals surface area contributed by atoms with Crippen LogP contribution in [-0.2, 0) is 4.79 Å². The van der Waals surface area contributed by atoms with Crippen molar-refractivity contribution in [1.82, 2.24) is 10.6 Å². The van der Waals surface area contributed by atoms with E-state index in [0.29, 0.717) is 16.7 Å². The highest BCUT2D eigenvalue weighted by atomic mass is 32.1. The Morgan fingerprint density at radius 2 is 1.95 bits per heavy atom. The zero-order valence-corrected chi connectivity index (χ0v) is 12.5. The summed E-state index contributed by atoms with van der Waals surface area (Å²) in [5, 5.41) is 6.43. The Morgan fingerprint density at radius 3 is 2.45 bits per heavy atom. The van der Waals surface area contributed by atoms with Crippen LogP contribution in [-0.4, -0.2) is 11.0 Å². The zero-order valence-electron chi connectivity index (χ0n) is 11.6. The van der Waals surface area contributed by atoms with Gasteiger partial charge in [0.25, 0.3) is 0 Å². The second-order valence-electron chi connectivity index (χ2n) is 5.30. The standard InChI is InChI=1S/C15H19N3OS/c1-8(2)10-4-6-11(7-5-10)13-12(14(16)19)9(3)17-15(20)18-13/h4-8,12-13H,3H2,1-2H3,(H2,16,19)(H2,17,18,20). The maximum Gasteiger partial charge on any atom is 0.228 e. The number of hydrogen-bond acceptors (Lipinski definition) is 2. The van der Waals surface area contributed by atoms with Crippen LogP contribution in [0.1, 0.15) is 36.9 Å². The van der Waals surface area contributed by atoms with Crippen LogP contribution in [0.3, 0.4) is 0 Å². The molecule has 4 nitrogen and oxygen atoms in total. The molecule has 106 valence electrons. The maximum atomic E-state index is 11.7. The summed E-state index contributed by atoms with van der Waals surface area (Å²) in [7, 11) is 0. The van der Waals surface area contributed by atoms with Gasteiger partial charge in [-0.25, -0.2) is 0 Å². The molecule has 1 saturated heterocycles. The van der Waals surface area contributed by atoms with Crippen molar-refractivity contribution >= 4 is 23.2 Å². The van der Waals surface area contributed by atoms with Crippen LogP contribution in [0.5, 0.6) is 0 Å². The molecule has 0 aliphatic carbocycles. The summed E-state index contributed by atoms with van der Waals surface area (Å²) in [4.78, 5) is 11.7. The quantitative estimate of drug-likeness (QED) is 0.744. The predicted molar refractivity (Wildman–Crippen MR) is 84.0 cm³/mol. The molecule has 1 aromatic carbocycles. The van der Waals surface area contributed by atoms with Crippen molar-refractivity contribution in [3.63, 3.8) is 0 Å². The van der Waals surface area contributed by atoms with E-state index in [1.54, 1.807) is 0 Å². The van der Waals surface area contributed by atoms with Crippen LogP contribution in [0.2, 0.25) is 0 Å². The van der Waals surface area contributed by atoms with Crippen molar-refractivity contribution in [3.8, 4) is 0 Å². The first-order valence-corrected chi connectivity index (χ1v) is 6.96. The Morgan fingerprint density at radius 1 is 1.35 bits per heavy atom. The van der Waals surface area contributed by atoms with Gasteiger partial charge in [0.05, 0.1) is 6.04 Å². The smallest absolute Gasteiger partial charge is 0.228 e. The van der Waals surface area contributed by atoms with E-state index in [9.17, 15) is 4.79 Å². The Kier molecular flexibility index (Phi) is 4.09. The van der Waals surface area contributed by atoms with Gasteiger partial charge in [-0.05, 0) is 29.3 Å². The maximum absolute atomic E-state index is 11.7. The number of primary amides is 1. The van der Waals surface area contributed by atoms with Crippen LogP contribution in [0.15, 0.2) is 36.5 Å². The molecule has 1 aliphatic heterocycles. The van der Waals surface area contributed by atoms with E-state index in [1.807, 2.05) is 12.1 Å². The predicted octanol–water partition coefficient (Wildman–Crippen LogP) is 1.94. The van der Waals surface area contributed by atoms with Gasteiger partial charge in [-0.2, -0.15) is 0 Å². The Hall–Kier alpha value is -1.88. The Labute approximate surface area is 124 Å². The van der Waals surface area contributed by atoms with E-state index >= 15 is 0 Å². The molecule has 0 bridgehead atoms. The largest absolute Gasteiger partial charge is 0.369 e. The van der Waals surface area contributed by atoms with Crippen LogP contribution < -0.4 is 16.4 Å². The van der Waals surface area contributed by atoms with E-state index in [-0.39, 0.29) is 6.04 Å². The van der Waals surface area contributed by atoms with Crippen molar-refractivity contribution in [1.29, 1.82) is 0 Å². The van der Waals surface area contributed by atoms with Crippen LogP contribution in [0, 0.1) is 5.92 Å². The number of rotatable bonds is 3. The van der Waals surface area contributed by atoms with E-state index in [1.165, 1.54) is 5.56 Å². The molecule has 0 saturated carbocycles. The monoisotopic (exact) mass is 289 g/mol. The van der Waals surface area contributed by atoms with E-state index in [0.717, 1.165) is 5.56 Å². The van der Waals surface area contributed by atoms with Gasteiger partial charge in [0.1, 0.15) is 5.92 Å². The Balaban J connectivity index is 2.34. The van der Waals surface area contributed by atoms with Gasteiger partial charge >= 0.3 is 0 Å². The third-order valence-corrected chi connectivity index (χ3v) is 3.76. The molecule has 2 atom stereocenters. The molecule has 1 aliphatic rings. The second-order valence-corrected chi connectivity index (χ2v) is 5.71. The fourth-order valence-corrected chi connectivity index (χ4v) is 2.64. The molecule has 5 heteroatoms. The van der Waals surface area contributed by atoms with E-state index in [4.69, 9.17) is 18.0 Å².